The molecule has 0 unspecified atom stereocenters. The first-order valence-corrected chi connectivity index (χ1v) is 7.78. The van der Waals surface area contributed by atoms with E-state index in [1.807, 2.05) is 0 Å². The van der Waals surface area contributed by atoms with Crippen LogP contribution in [0, 0.1) is 5.82 Å². The van der Waals surface area contributed by atoms with Crippen molar-refractivity contribution in [2.45, 2.75) is 6.61 Å². The number of nitrogens with one attached hydrogen (secondary N) is 2. The number of hydrogen-bond donors (Lipinski definition) is 2. The molecule has 1 saturated heterocycles. The second-order valence-electron chi connectivity index (χ2n) is 5.24. The summed E-state index contributed by atoms with van der Waals surface area (Å²) in [7, 11) is 0. The molecule has 1 aliphatic heterocycles. The van der Waals surface area contributed by atoms with Crippen LogP contribution in [0.4, 0.5) is 4.39 Å². The lowest BCUT2D eigenvalue weighted by Gasteiger charge is -2.16. The summed E-state index contributed by atoms with van der Waals surface area (Å²) in [5, 5.41) is 4.72. The Balaban J connectivity index is 1.69. The average molecular weight is 356 g/mol. The highest BCUT2D eigenvalue weighted by Gasteiger charge is 2.25. The fourth-order valence-electron chi connectivity index (χ4n) is 2.21. The number of benzene rings is 2. The van der Waals surface area contributed by atoms with Crippen LogP contribution < -0.4 is 15.4 Å². The highest BCUT2D eigenvalue weighted by molar-refractivity contribution is 7.80. The molecule has 25 heavy (non-hydrogen) atoms. The number of amides is 2. The van der Waals surface area contributed by atoms with E-state index in [2.05, 4.69) is 10.6 Å². The van der Waals surface area contributed by atoms with Crippen LogP contribution in [0.2, 0.25) is 0 Å². The Labute approximate surface area is 148 Å². The first kappa shape index (κ1) is 16.8. The summed E-state index contributed by atoms with van der Waals surface area (Å²) in [4.78, 5) is 23.6. The maximum absolute atomic E-state index is 13.5. The predicted molar refractivity (Wildman–Crippen MR) is 94.0 cm³/mol. The summed E-state index contributed by atoms with van der Waals surface area (Å²) in [6, 6.07) is 13.1. The van der Waals surface area contributed by atoms with E-state index in [4.69, 9.17) is 17.0 Å². The molecule has 0 bridgehead atoms. The van der Waals surface area contributed by atoms with E-state index >= 15 is 0 Å². The van der Waals surface area contributed by atoms with Crippen molar-refractivity contribution in [1.29, 1.82) is 0 Å². The summed E-state index contributed by atoms with van der Waals surface area (Å²) in [6.07, 6.45) is 1.45. The van der Waals surface area contributed by atoms with Crippen LogP contribution in [0.5, 0.6) is 5.75 Å². The van der Waals surface area contributed by atoms with Crippen LogP contribution in [0.1, 0.15) is 11.1 Å². The van der Waals surface area contributed by atoms with Crippen LogP contribution in [0.15, 0.2) is 54.1 Å². The Bertz CT molecular complexity index is 856. The Kier molecular flexibility index (Phi) is 4.85. The van der Waals surface area contributed by atoms with Gasteiger partial charge in [-0.15, -0.1) is 0 Å². The van der Waals surface area contributed by atoms with Gasteiger partial charge in [-0.3, -0.25) is 20.2 Å². The molecule has 1 heterocycles. The molecule has 0 saturated carbocycles. The molecule has 0 aliphatic carbocycles. The van der Waals surface area contributed by atoms with E-state index in [1.54, 1.807) is 42.5 Å². The predicted octanol–water partition coefficient (Wildman–Crippen LogP) is 2.32. The van der Waals surface area contributed by atoms with Gasteiger partial charge in [-0.2, -0.15) is 0 Å². The van der Waals surface area contributed by atoms with Crippen molar-refractivity contribution in [1.82, 2.24) is 10.6 Å². The van der Waals surface area contributed by atoms with Crippen molar-refractivity contribution >= 4 is 35.2 Å². The topological polar surface area (TPSA) is 67.4 Å². The van der Waals surface area contributed by atoms with Gasteiger partial charge in [0.15, 0.2) is 5.11 Å². The lowest BCUT2D eigenvalue weighted by Crippen LogP contribution is -2.51. The minimum atomic E-state index is -0.548. The van der Waals surface area contributed by atoms with Gasteiger partial charge in [-0.25, -0.2) is 4.39 Å². The van der Waals surface area contributed by atoms with E-state index in [0.29, 0.717) is 16.9 Å². The quantitative estimate of drug-likeness (QED) is 0.501. The largest absolute Gasteiger partial charge is 0.489 e. The number of halogens is 1. The zero-order valence-corrected chi connectivity index (χ0v) is 13.7. The molecular formula is C18H13FN2O3S. The minimum Gasteiger partial charge on any atom is -0.489 e. The minimum absolute atomic E-state index is 0.0101. The smallest absolute Gasteiger partial charge is 0.263 e. The Hall–Kier alpha value is -3.06. The van der Waals surface area contributed by atoms with E-state index in [-0.39, 0.29) is 23.1 Å². The number of rotatable bonds is 4. The van der Waals surface area contributed by atoms with Crippen LogP contribution in [-0.4, -0.2) is 16.9 Å². The molecule has 2 N–H and O–H groups in total. The van der Waals surface area contributed by atoms with Crippen LogP contribution in [0.3, 0.4) is 0 Å². The molecule has 126 valence electrons. The molecule has 7 heteroatoms. The van der Waals surface area contributed by atoms with E-state index < -0.39 is 11.8 Å². The molecule has 2 aromatic carbocycles. The second-order valence-corrected chi connectivity index (χ2v) is 5.65. The van der Waals surface area contributed by atoms with Gasteiger partial charge in [0.25, 0.3) is 11.8 Å². The number of carbonyl (C=O) groups excluding carboxylic acids is 2. The SMILES string of the molecule is O=C1NC(=S)NC(=O)C1=Cc1ccc(OCc2ccccc2F)cc1. The van der Waals surface area contributed by atoms with Gasteiger partial charge >= 0.3 is 0 Å². The molecule has 2 amide bonds. The maximum Gasteiger partial charge on any atom is 0.263 e. The van der Waals surface area contributed by atoms with Gasteiger partial charge < -0.3 is 4.74 Å². The lowest BCUT2D eigenvalue weighted by molar-refractivity contribution is -0.123. The fourth-order valence-corrected chi connectivity index (χ4v) is 2.40. The molecule has 0 radical (unpaired) electrons. The van der Waals surface area contributed by atoms with Crippen LogP contribution in [-0.2, 0) is 16.2 Å². The molecule has 3 rings (SSSR count). The highest BCUT2D eigenvalue weighted by Crippen LogP contribution is 2.17. The average Bonchev–Trinajstić information content (AvgIpc) is 2.58. The zero-order chi connectivity index (χ0) is 17.8. The van der Waals surface area contributed by atoms with E-state index in [0.717, 1.165) is 0 Å². The fraction of sp³-hybridized carbons (Fsp3) is 0.0556. The summed E-state index contributed by atoms with van der Waals surface area (Å²) in [5.74, 6) is -0.873. The maximum atomic E-state index is 13.5. The first-order chi connectivity index (χ1) is 12.0. The Morgan fingerprint density at radius 3 is 2.28 bits per heavy atom. The van der Waals surface area contributed by atoms with Crippen molar-refractivity contribution in [3.8, 4) is 5.75 Å². The summed E-state index contributed by atoms with van der Waals surface area (Å²) < 4.78 is 19.1. The highest BCUT2D eigenvalue weighted by atomic mass is 32.1. The van der Waals surface area contributed by atoms with Gasteiger partial charge in [0, 0.05) is 5.56 Å². The first-order valence-electron chi connectivity index (χ1n) is 7.37. The van der Waals surface area contributed by atoms with Crippen molar-refractivity contribution in [3.05, 3.63) is 71.0 Å². The van der Waals surface area contributed by atoms with Gasteiger partial charge in [0.2, 0.25) is 0 Å². The molecular weight excluding hydrogens is 343 g/mol. The van der Waals surface area contributed by atoms with Gasteiger partial charge in [0.05, 0.1) is 0 Å². The molecule has 2 aromatic rings. The molecule has 0 spiro atoms. The Morgan fingerprint density at radius 2 is 1.64 bits per heavy atom. The van der Waals surface area contributed by atoms with Crippen molar-refractivity contribution in [3.63, 3.8) is 0 Å². The van der Waals surface area contributed by atoms with Crippen molar-refractivity contribution in [2.24, 2.45) is 0 Å². The molecule has 0 aromatic heterocycles. The van der Waals surface area contributed by atoms with Gasteiger partial charge in [-0.05, 0) is 42.1 Å². The third-order valence-electron chi connectivity index (χ3n) is 3.49. The zero-order valence-electron chi connectivity index (χ0n) is 12.9. The normalized spacial score (nSPS) is 14.0. The van der Waals surface area contributed by atoms with E-state index in [1.165, 1.54) is 12.1 Å². The number of hydrogen-bond acceptors (Lipinski definition) is 4. The van der Waals surface area contributed by atoms with E-state index in [9.17, 15) is 14.0 Å². The second kappa shape index (κ2) is 7.23. The lowest BCUT2D eigenvalue weighted by atomic mass is 10.1. The Morgan fingerprint density at radius 1 is 1.00 bits per heavy atom. The van der Waals surface area contributed by atoms with Gasteiger partial charge in [0.1, 0.15) is 23.7 Å². The van der Waals surface area contributed by atoms with Gasteiger partial charge in [-0.1, -0.05) is 30.3 Å². The molecule has 5 nitrogen and oxygen atoms in total. The van der Waals surface area contributed by atoms with Crippen LogP contribution >= 0.6 is 12.2 Å². The van der Waals surface area contributed by atoms with Crippen LogP contribution in [0.25, 0.3) is 6.08 Å². The summed E-state index contributed by atoms with van der Waals surface area (Å²) in [5.41, 5.74) is 1.07. The van der Waals surface area contributed by atoms with Crippen molar-refractivity contribution < 1.29 is 18.7 Å². The summed E-state index contributed by atoms with van der Waals surface area (Å²) >= 11 is 4.74. The third-order valence-corrected chi connectivity index (χ3v) is 3.69. The number of carbonyl (C=O) groups is 2. The third kappa shape index (κ3) is 4.07. The monoisotopic (exact) mass is 356 g/mol. The molecule has 0 atom stereocenters. The molecule has 1 aliphatic rings. The standard InChI is InChI=1S/C18H13FN2O3S/c19-15-4-2-1-3-12(15)10-24-13-7-5-11(6-8-13)9-14-16(22)20-18(25)21-17(14)23/h1-9H,10H2,(H2,20,21,22,23,25). The number of thiocarbonyl (C=S) groups is 1. The van der Waals surface area contributed by atoms with Crippen molar-refractivity contribution in [2.75, 3.05) is 0 Å². The number of ether oxygens (including phenoxy) is 1. The summed E-state index contributed by atoms with van der Waals surface area (Å²) in [6.45, 7) is 0.107. The molecule has 1 fully saturated rings.